The lowest BCUT2D eigenvalue weighted by Crippen LogP contribution is -2.33. The Morgan fingerprint density at radius 3 is 2.72 bits per heavy atom. The molecule has 4 rings (SSSR count). The number of methoxy groups -OCH3 is 1. The molecule has 0 fully saturated rings. The van der Waals surface area contributed by atoms with Gasteiger partial charge in [0.05, 0.1) is 24.4 Å². The molecule has 2 N–H and O–H groups in total. The summed E-state index contributed by atoms with van der Waals surface area (Å²) < 4.78 is 12.1. The van der Waals surface area contributed by atoms with E-state index in [0.29, 0.717) is 22.9 Å². The number of hydrogen-bond acceptors (Lipinski definition) is 5. The zero-order valence-electron chi connectivity index (χ0n) is 15.7. The average molecular weight is 473 g/mol. The number of benzene rings is 2. The molecule has 0 aliphatic carbocycles. The summed E-state index contributed by atoms with van der Waals surface area (Å²) in [6.45, 7) is 1.68. The predicted molar refractivity (Wildman–Crippen MR) is 119 cm³/mol. The molecule has 0 saturated heterocycles. The van der Waals surface area contributed by atoms with Gasteiger partial charge in [0, 0.05) is 23.0 Å². The quantitative estimate of drug-likeness (QED) is 0.550. The monoisotopic (exact) mass is 472 g/mol. The van der Waals surface area contributed by atoms with Gasteiger partial charge in [0.1, 0.15) is 28.2 Å². The Hall–Kier alpha value is -2.71. The average Bonchev–Trinajstić information content (AvgIpc) is 2.66. The number of halogens is 1. The van der Waals surface area contributed by atoms with E-state index in [1.807, 2.05) is 24.3 Å². The van der Waals surface area contributed by atoms with Gasteiger partial charge in [-0.25, -0.2) is 4.99 Å². The molecule has 8 heteroatoms. The van der Waals surface area contributed by atoms with Crippen molar-refractivity contribution in [2.24, 2.45) is 4.99 Å². The molecule has 1 aliphatic heterocycles. The fourth-order valence-corrected chi connectivity index (χ4v) is 4.07. The van der Waals surface area contributed by atoms with Gasteiger partial charge < -0.3 is 19.6 Å². The van der Waals surface area contributed by atoms with Gasteiger partial charge in [-0.2, -0.15) is 0 Å². The molecule has 148 valence electrons. The number of thiocarbonyl (C=S) groups is 1. The summed E-state index contributed by atoms with van der Waals surface area (Å²) in [5.41, 5.74) is 2.19. The molecule has 29 heavy (non-hydrogen) atoms. The maximum absolute atomic E-state index is 12.6. The van der Waals surface area contributed by atoms with E-state index in [-0.39, 0.29) is 27.9 Å². The van der Waals surface area contributed by atoms with Crippen LogP contribution in [0.4, 0.5) is 0 Å². The highest BCUT2D eigenvalue weighted by molar-refractivity contribution is 9.10. The van der Waals surface area contributed by atoms with E-state index in [9.17, 15) is 9.90 Å². The molecule has 1 aliphatic rings. The molecule has 0 saturated carbocycles. The number of ether oxygens (including phenoxy) is 1. The van der Waals surface area contributed by atoms with Crippen LogP contribution in [0.5, 0.6) is 11.5 Å². The molecule has 6 nitrogen and oxygen atoms in total. The Bertz CT molecular complexity index is 1220. The standard InChI is InChI=1S/C21H17BrN2O4S/c1-10-7-15(25)19-17(28-10)9-16(26)18(20(19)27-2)14-8-13(23-21(29)24-14)11-3-5-12(22)6-4-11/h3-7,9,14,26H,8H2,1-2H3,(H,24,29). The van der Waals surface area contributed by atoms with Crippen LogP contribution >= 0.6 is 28.1 Å². The van der Waals surface area contributed by atoms with Gasteiger partial charge >= 0.3 is 0 Å². The van der Waals surface area contributed by atoms with Crippen molar-refractivity contribution in [2.75, 3.05) is 7.11 Å². The Morgan fingerprint density at radius 2 is 2.03 bits per heavy atom. The lowest BCUT2D eigenvalue weighted by atomic mass is 9.93. The Labute approximate surface area is 180 Å². The molecular weight excluding hydrogens is 456 g/mol. The summed E-state index contributed by atoms with van der Waals surface area (Å²) in [5, 5.41) is 14.5. The lowest BCUT2D eigenvalue weighted by molar-refractivity contribution is 0.394. The van der Waals surface area contributed by atoms with Crippen molar-refractivity contribution < 1.29 is 14.3 Å². The summed E-state index contributed by atoms with van der Waals surface area (Å²) >= 11 is 8.76. The van der Waals surface area contributed by atoms with Crippen LogP contribution in [0.3, 0.4) is 0 Å². The Morgan fingerprint density at radius 1 is 1.31 bits per heavy atom. The first-order valence-corrected chi connectivity index (χ1v) is 10.1. The van der Waals surface area contributed by atoms with Crippen molar-refractivity contribution in [3.8, 4) is 11.5 Å². The summed E-state index contributed by atoms with van der Waals surface area (Å²) in [6, 6.07) is 10.2. The highest BCUT2D eigenvalue weighted by atomic mass is 79.9. The molecule has 1 aromatic heterocycles. The van der Waals surface area contributed by atoms with Crippen LogP contribution in [0, 0.1) is 6.92 Å². The van der Waals surface area contributed by atoms with Crippen molar-refractivity contribution in [1.82, 2.24) is 5.32 Å². The molecule has 3 aromatic rings. The van der Waals surface area contributed by atoms with Crippen molar-refractivity contribution in [3.63, 3.8) is 0 Å². The minimum absolute atomic E-state index is 0.0412. The highest BCUT2D eigenvalue weighted by Crippen LogP contribution is 2.41. The van der Waals surface area contributed by atoms with Crippen molar-refractivity contribution >= 4 is 49.9 Å². The maximum atomic E-state index is 12.6. The number of aryl methyl sites for hydroxylation is 1. The number of rotatable bonds is 3. The number of hydrogen-bond donors (Lipinski definition) is 2. The summed E-state index contributed by atoms with van der Waals surface area (Å²) in [4.78, 5) is 17.1. The van der Waals surface area contributed by atoms with E-state index in [2.05, 4.69) is 26.2 Å². The third-order valence-electron chi connectivity index (χ3n) is 4.78. The van der Waals surface area contributed by atoms with Gasteiger partial charge in [-0.3, -0.25) is 4.79 Å². The van der Waals surface area contributed by atoms with Crippen LogP contribution in [0.25, 0.3) is 11.0 Å². The van der Waals surface area contributed by atoms with Crippen LogP contribution in [-0.2, 0) is 0 Å². The molecule has 0 bridgehead atoms. The fourth-order valence-electron chi connectivity index (χ4n) is 3.55. The van der Waals surface area contributed by atoms with Crippen molar-refractivity contribution in [1.29, 1.82) is 0 Å². The SMILES string of the molecule is COc1c(C2CC(c3ccc(Br)cc3)=NC(=S)N2)c(O)cc2oc(C)cc(=O)c12. The molecule has 2 heterocycles. The van der Waals surface area contributed by atoms with E-state index < -0.39 is 6.04 Å². The second kappa shape index (κ2) is 7.61. The number of phenolic OH excluding ortho intramolecular Hbond substituents is 1. The highest BCUT2D eigenvalue weighted by Gasteiger charge is 2.29. The zero-order valence-corrected chi connectivity index (χ0v) is 18.1. The van der Waals surface area contributed by atoms with Crippen LogP contribution < -0.4 is 15.5 Å². The minimum atomic E-state index is -0.418. The zero-order chi connectivity index (χ0) is 20.7. The third-order valence-corrected chi connectivity index (χ3v) is 5.51. The van der Waals surface area contributed by atoms with Crippen molar-refractivity contribution in [2.45, 2.75) is 19.4 Å². The molecule has 1 atom stereocenters. The summed E-state index contributed by atoms with van der Waals surface area (Å²) in [6.07, 6.45) is 0.453. The first-order valence-electron chi connectivity index (χ1n) is 8.85. The van der Waals surface area contributed by atoms with Crippen LogP contribution in [0.15, 0.2) is 55.1 Å². The lowest BCUT2D eigenvalue weighted by Gasteiger charge is -2.27. The Kier molecular flexibility index (Phi) is 5.14. The molecular formula is C21H17BrN2O4S. The van der Waals surface area contributed by atoms with Crippen LogP contribution in [-0.4, -0.2) is 23.0 Å². The number of aliphatic imine (C=N–C) groups is 1. The molecule has 0 radical (unpaired) electrons. The number of nitrogens with one attached hydrogen (secondary N) is 1. The first kappa shape index (κ1) is 19.6. The number of phenols is 1. The third kappa shape index (κ3) is 3.65. The smallest absolute Gasteiger partial charge is 0.196 e. The van der Waals surface area contributed by atoms with Gasteiger partial charge in [-0.15, -0.1) is 0 Å². The molecule has 0 spiro atoms. The number of aromatic hydroxyl groups is 1. The minimum Gasteiger partial charge on any atom is -0.507 e. The molecule has 2 aromatic carbocycles. The van der Waals surface area contributed by atoms with Gasteiger partial charge in [-0.1, -0.05) is 28.1 Å². The second-order valence-corrected chi connectivity index (χ2v) is 8.01. The molecule has 1 unspecified atom stereocenters. The van der Waals surface area contributed by atoms with E-state index >= 15 is 0 Å². The van der Waals surface area contributed by atoms with Gasteiger partial charge in [-0.05, 0) is 36.8 Å². The largest absolute Gasteiger partial charge is 0.507 e. The van der Waals surface area contributed by atoms with E-state index in [1.165, 1.54) is 19.2 Å². The fraction of sp³-hybridized carbons (Fsp3) is 0.190. The van der Waals surface area contributed by atoms with E-state index in [0.717, 1.165) is 15.7 Å². The van der Waals surface area contributed by atoms with Crippen molar-refractivity contribution in [3.05, 3.63) is 68.0 Å². The van der Waals surface area contributed by atoms with Crippen LogP contribution in [0.1, 0.15) is 29.3 Å². The predicted octanol–water partition coefficient (Wildman–Crippen LogP) is 4.39. The summed E-state index contributed by atoms with van der Waals surface area (Å²) in [5.74, 6) is 0.685. The van der Waals surface area contributed by atoms with Gasteiger partial charge in [0.25, 0.3) is 0 Å². The number of nitrogens with zero attached hydrogens (tertiary/aromatic N) is 1. The number of fused-ring (bicyclic) bond motifs is 1. The van der Waals surface area contributed by atoms with Gasteiger partial charge in [0.15, 0.2) is 10.5 Å². The normalized spacial score (nSPS) is 16.4. The topological polar surface area (TPSA) is 84.1 Å². The first-order chi connectivity index (χ1) is 13.9. The Balaban J connectivity index is 1.85. The second-order valence-electron chi connectivity index (χ2n) is 6.71. The van der Waals surface area contributed by atoms with Gasteiger partial charge in [0.2, 0.25) is 0 Å². The van der Waals surface area contributed by atoms with Crippen LogP contribution in [0.2, 0.25) is 0 Å². The van der Waals surface area contributed by atoms with E-state index in [1.54, 1.807) is 6.92 Å². The molecule has 0 amide bonds. The maximum Gasteiger partial charge on any atom is 0.196 e. The van der Waals surface area contributed by atoms with E-state index in [4.69, 9.17) is 21.4 Å². The summed E-state index contributed by atoms with van der Waals surface area (Å²) in [7, 11) is 1.46.